The van der Waals surface area contributed by atoms with Crippen LogP contribution in [0.15, 0.2) is 36.4 Å². The number of halogens is 1. The molecule has 0 radical (unpaired) electrons. The summed E-state index contributed by atoms with van der Waals surface area (Å²) >= 11 is 7.50. The van der Waals surface area contributed by atoms with E-state index in [1.807, 2.05) is 30.3 Å². The van der Waals surface area contributed by atoms with E-state index in [0.29, 0.717) is 0 Å². The molecule has 1 atom stereocenters. The lowest BCUT2D eigenvalue weighted by molar-refractivity contribution is 0.414. The van der Waals surface area contributed by atoms with Gasteiger partial charge in [0.15, 0.2) is 0 Å². The van der Waals surface area contributed by atoms with Gasteiger partial charge in [-0.05, 0) is 42.7 Å². The van der Waals surface area contributed by atoms with E-state index in [4.69, 9.17) is 22.1 Å². The molecule has 2 nitrogen and oxygen atoms in total. The number of benzene rings is 1. The number of hydrogen-bond acceptors (Lipinski definition) is 3. The summed E-state index contributed by atoms with van der Waals surface area (Å²) in [5.41, 5.74) is 7.36. The van der Waals surface area contributed by atoms with Gasteiger partial charge in [-0.2, -0.15) is 0 Å². The second-order valence-corrected chi connectivity index (χ2v) is 6.03. The molecule has 1 aromatic carbocycles. The van der Waals surface area contributed by atoms with Crippen LogP contribution in [0.3, 0.4) is 0 Å². The molecule has 2 rings (SSSR count). The van der Waals surface area contributed by atoms with Crippen LogP contribution in [0.1, 0.15) is 10.4 Å². The highest BCUT2D eigenvalue weighted by molar-refractivity contribution is 7.16. The summed E-state index contributed by atoms with van der Waals surface area (Å²) in [6.07, 6.45) is 1.70. The van der Waals surface area contributed by atoms with Crippen molar-refractivity contribution < 1.29 is 4.74 Å². The zero-order valence-corrected chi connectivity index (χ0v) is 11.8. The molecule has 1 aromatic heterocycles. The Kier molecular flexibility index (Phi) is 4.64. The number of nitrogens with two attached hydrogens (primary N) is 1. The van der Waals surface area contributed by atoms with Gasteiger partial charge in [0.25, 0.3) is 0 Å². The van der Waals surface area contributed by atoms with Crippen molar-refractivity contribution in [3.05, 3.63) is 51.2 Å². The van der Waals surface area contributed by atoms with Crippen molar-refractivity contribution in [1.82, 2.24) is 0 Å². The molecule has 0 saturated heterocycles. The summed E-state index contributed by atoms with van der Waals surface area (Å²) in [7, 11) is 1.67. The van der Waals surface area contributed by atoms with Gasteiger partial charge in [0.05, 0.1) is 11.4 Å². The summed E-state index contributed by atoms with van der Waals surface area (Å²) in [4.78, 5) is 1.23. The SMILES string of the molecule is COc1cccc(CC(N)Cc2ccc(Cl)s2)c1. The molecule has 0 amide bonds. The van der Waals surface area contributed by atoms with Gasteiger partial charge in [-0.3, -0.25) is 0 Å². The first-order valence-electron chi connectivity index (χ1n) is 5.80. The molecule has 1 heterocycles. The summed E-state index contributed by atoms with van der Waals surface area (Å²) in [5, 5.41) is 0. The third kappa shape index (κ3) is 3.73. The molecular weight excluding hydrogens is 266 g/mol. The van der Waals surface area contributed by atoms with Gasteiger partial charge in [0.2, 0.25) is 0 Å². The summed E-state index contributed by atoms with van der Waals surface area (Å²) in [6, 6.07) is 12.1. The standard InChI is InChI=1S/C14H16ClNOS/c1-17-12-4-2-3-10(8-12)7-11(16)9-13-5-6-14(15)18-13/h2-6,8,11H,7,9,16H2,1H3. The third-order valence-corrected chi connectivity index (χ3v) is 3.98. The van der Waals surface area contributed by atoms with Gasteiger partial charge in [-0.25, -0.2) is 0 Å². The molecule has 0 spiro atoms. The van der Waals surface area contributed by atoms with Gasteiger partial charge in [-0.15, -0.1) is 11.3 Å². The second kappa shape index (κ2) is 6.23. The van der Waals surface area contributed by atoms with E-state index in [1.165, 1.54) is 10.4 Å². The number of thiophene rings is 1. The van der Waals surface area contributed by atoms with Crippen LogP contribution in [0.2, 0.25) is 4.34 Å². The Morgan fingerprint density at radius 3 is 2.78 bits per heavy atom. The smallest absolute Gasteiger partial charge is 0.119 e. The first-order chi connectivity index (χ1) is 8.67. The predicted molar refractivity (Wildman–Crippen MR) is 77.7 cm³/mol. The molecule has 0 bridgehead atoms. The highest BCUT2D eigenvalue weighted by Gasteiger charge is 2.08. The molecule has 4 heteroatoms. The highest BCUT2D eigenvalue weighted by atomic mass is 35.5. The molecule has 0 aliphatic rings. The molecular formula is C14H16ClNOS. The van der Waals surface area contributed by atoms with E-state index in [0.717, 1.165) is 22.9 Å². The van der Waals surface area contributed by atoms with Crippen LogP contribution >= 0.6 is 22.9 Å². The number of methoxy groups -OCH3 is 1. The largest absolute Gasteiger partial charge is 0.497 e. The second-order valence-electron chi connectivity index (χ2n) is 4.23. The minimum absolute atomic E-state index is 0.104. The summed E-state index contributed by atoms with van der Waals surface area (Å²) in [5.74, 6) is 0.874. The topological polar surface area (TPSA) is 35.2 Å². The van der Waals surface area contributed by atoms with Crippen LogP contribution in [-0.2, 0) is 12.8 Å². The molecule has 0 saturated carbocycles. The van der Waals surface area contributed by atoms with Gasteiger partial charge >= 0.3 is 0 Å². The van der Waals surface area contributed by atoms with Gasteiger partial charge < -0.3 is 10.5 Å². The van der Waals surface area contributed by atoms with Gasteiger partial charge in [0, 0.05) is 10.9 Å². The zero-order valence-electron chi connectivity index (χ0n) is 10.2. The van der Waals surface area contributed by atoms with E-state index in [9.17, 15) is 0 Å². The minimum Gasteiger partial charge on any atom is -0.497 e. The average Bonchev–Trinajstić information content (AvgIpc) is 2.74. The van der Waals surface area contributed by atoms with E-state index in [2.05, 4.69) is 6.07 Å². The van der Waals surface area contributed by atoms with Gasteiger partial charge in [-0.1, -0.05) is 23.7 Å². The van der Waals surface area contributed by atoms with E-state index >= 15 is 0 Å². The number of rotatable bonds is 5. The van der Waals surface area contributed by atoms with Crippen molar-refractivity contribution in [2.24, 2.45) is 5.73 Å². The Bertz CT molecular complexity index is 512. The maximum Gasteiger partial charge on any atom is 0.119 e. The van der Waals surface area contributed by atoms with E-state index in [-0.39, 0.29) is 6.04 Å². The monoisotopic (exact) mass is 281 g/mol. The molecule has 0 fully saturated rings. The Morgan fingerprint density at radius 2 is 2.11 bits per heavy atom. The molecule has 2 N–H and O–H groups in total. The van der Waals surface area contributed by atoms with Crippen molar-refractivity contribution >= 4 is 22.9 Å². The highest BCUT2D eigenvalue weighted by Crippen LogP contribution is 2.23. The lowest BCUT2D eigenvalue weighted by Gasteiger charge is -2.11. The van der Waals surface area contributed by atoms with Crippen molar-refractivity contribution in [2.45, 2.75) is 18.9 Å². The number of ether oxygens (including phenoxy) is 1. The predicted octanol–water partition coefficient (Wildman–Crippen LogP) is 3.52. The van der Waals surface area contributed by atoms with Crippen LogP contribution in [0.25, 0.3) is 0 Å². The first kappa shape index (κ1) is 13.4. The molecule has 18 heavy (non-hydrogen) atoms. The maximum absolute atomic E-state index is 6.16. The van der Waals surface area contributed by atoms with E-state index < -0.39 is 0 Å². The molecule has 0 aliphatic carbocycles. The fraction of sp³-hybridized carbons (Fsp3) is 0.286. The summed E-state index contributed by atoms with van der Waals surface area (Å²) in [6.45, 7) is 0. The van der Waals surface area contributed by atoms with Crippen molar-refractivity contribution in [3.8, 4) is 5.75 Å². The lowest BCUT2D eigenvalue weighted by Crippen LogP contribution is -2.25. The molecule has 96 valence electrons. The lowest BCUT2D eigenvalue weighted by atomic mass is 10.0. The average molecular weight is 282 g/mol. The Balaban J connectivity index is 1.96. The van der Waals surface area contributed by atoms with Gasteiger partial charge in [0.1, 0.15) is 5.75 Å². The van der Waals surface area contributed by atoms with E-state index in [1.54, 1.807) is 18.4 Å². The van der Waals surface area contributed by atoms with Crippen LogP contribution in [0.5, 0.6) is 5.75 Å². The van der Waals surface area contributed by atoms with Crippen LogP contribution in [-0.4, -0.2) is 13.2 Å². The normalized spacial score (nSPS) is 12.4. The van der Waals surface area contributed by atoms with Crippen molar-refractivity contribution in [1.29, 1.82) is 0 Å². The maximum atomic E-state index is 6.16. The third-order valence-electron chi connectivity index (χ3n) is 2.72. The van der Waals surface area contributed by atoms with Crippen molar-refractivity contribution in [2.75, 3.05) is 7.11 Å². The molecule has 0 aliphatic heterocycles. The van der Waals surface area contributed by atoms with Crippen LogP contribution in [0, 0.1) is 0 Å². The molecule has 1 unspecified atom stereocenters. The quantitative estimate of drug-likeness (QED) is 0.910. The summed E-state index contributed by atoms with van der Waals surface area (Å²) < 4.78 is 6.02. The fourth-order valence-electron chi connectivity index (χ4n) is 1.89. The van der Waals surface area contributed by atoms with Crippen LogP contribution in [0.4, 0.5) is 0 Å². The Labute approximate surface area is 116 Å². The van der Waals surface area contributed by atoms with Crippen molar-refractivity contribution in [3.63, 3.8) is 0 Å². The Morgan fingerprint density at radius 1 is 1.28 bits per heavy atom. The van der Waals surface area contributed by atoms with Crippen LogP contribution < -0.4 is 10.5 Å². The first-order valence-corrected chi connectivity index (χ1v) is 6.99. The zero-order chi connectivity index (χ0) is 13.0. The fourth-order valence-corrected chi connectivity index (χ4v) is 3.07. The number of hydrogen-bond donors (Lipinski definition) is 1. The molecule has 2 aromatic rings. The Hall–Kier alpha value is -1.03. The minimum atomic E-state index is 0.104.